The fourth-order valence-corrected chi connectivity index (χ4v) is 2.14. The summed E-state index contributed by atoms with van der Waals surface area (Å²) in [6.45, 7) is 2.72. The topological polar surface area (TPSA) is 59.2 Å². The number of carbonyl (C=O) groups excluding carboxylic acids is 1. The first-order chi connectivity index (χ1) is 8.91. The van der Waals surface area contributed by atoms with Crippen LogP contribution in [0, 0.1) is 0 Å². The largest absolute Gasteiger partial charge is 0.470 e. The molecule has 2 heterocycles. The first-order valence-electron chi connectivity index (χ1n) is 6.10. The second-order valence-electron chi connectivity index (χ2n) is 4.48. The smallest absolute Gasteiger partial charge is 0.417 e. The normalized spacial score (nSPS) is 20.6. The van der Waals surface area contributed by atoms with Crippen LogP contribution in [0.2, 0.25) is 0 Å². The van der Waals surface area contributed by atoms with Crippen LogP contribution in [0.3, 0.4) is 0 Å². The third kappa shape index (κ3) is 3.05. The molecule has 0 spiro atoms. The monoisotopic (exact) mass is 277 g/mol. The van der Waals surface area contributed by atoms with E-state index < -0.39 is 12.1 Å². The van der Waals surface area contributed by atoms with Crippen molar-refractivity contribution in [3.63, 3.8) is 0 Å². The van der Waals surface area contributed by atoms with Crippen molar-refractivity contribution in [2.75, 3.05) is 13.1 Å². The number of halogens is 3. The summed E-state index contributed by atoms with van der Waals surface area (Å²) >= 11 is 0. The summed E-state index contributed by atoms with van der Waals surface area (Å²) in [7, 11) is 0. The first kappa shape index (κ1) is 13.8. The molecule has 0 aromatic carbocycles. The summed E-state index contributed by atoms with van der Waals surface area (Å²) in [6, 6.07) is 0. The van der Waals surface area contributed by atoms with E-state index in [4.69, 9.17) is 0 Å². The predicted octanol–water partition coefficient (Wildman–Crippen LogP) is 2.20. The molecule has 0 saturated carbocycles. The lowest BCUT2D eigenvalue weighted by Gasteiger charge is -2.30. The molecule has 1 unspecified atom stereocenters. The molecule has 19 heavy (non-hydrogen) atoms. The van der Waals surface area contributed by atoms with Crippen molar-refractivity contribution >= 4 is 5.91 Å². The van der Waals surface area contributed by atoms with E-state index >= 15 is 0 Å². The Bertz CT molecular complexity index is 458. The van der Waals surface area contributed by atoms with Crippen LogP contribution in [-0.4, -0.2) is 34.1 Å². The standard InChI is InChI=1S/C11H14F3N3O2/c1-2-8(18)17-5-3-4-7(6-17)9-15-16-10(19-9)11(12,13)14/h7H,2-6H2,1H3. The molecule has 1 amide bonds. The molecule has 0 aliphatic carbocycles. The van der Waals surface area contributed by atoms with Crippen LogP contribution in [0.15, 0.2) is 4.42 Å². The Kier molecular flexibility index (Phi) is 3.77. The van der Waals surface area contributed by atoms with Crippen LogP contribution in [0.25, 0.3) is 0 Å². The van der Waals surface area contributed by atoms with Crippen molar-refractivity contribution in [2.45, 2.75) is 38.3 Å². The van der Waals surface area contributed by atoms with Gasteiger partial charge in [-0.25, -0.2) is 0 Å². The molecular weight excluding hydrogens is 263 g/mol. The zero-order valence-electron chi connectivity index (χ0n) is 10.4. The predicted molar refractivity (Wildman–Crippen MR) is 58.1 cm³/mol. The molecule has 1 aromatic rings. The van der Waals surface area contributed by atoms with Gasteiger partial charge in [-0.3, -0.25) is 4.79 Å². The van der Waals surface area contributed by atoms with E-state index in [1.165, 1.54) is 0 Å². The Labute approximate surface area is 107 Å². The number of aromatic nitrogens is 2. The van der Waals surface area contributed by atoms with E-state index in [2.05, 4.69) is 14.6 Å². The number of alkyl halides is 3. The van der Waals surface area contributed by atoms with Gasteiger partial charge in [-0.15, -0.1) is 10.2 Å². The van der Waals surface area contributed by atoms with Crippen LogP contribution in [0.5, 0.6) is 0 Å². The Morgan fingerprint density at radius 3 is 2.79 bits per heavy atom. The van der Waals surface area contributed by atoms with Crippen molar-refractivity contribution < 1.29 is 22.4 Å². The van der Waals surface area contributed by atoms with Gasteiger partial charge in [0.2, 0.25) is 11.8 Å². The molecule has 1 fully saturated rings. The molecular formula is C11H14F3N3O2. The first-order valence-corrected chi connectivity index (χ1v) is 6.10. The quantitative estimate of drug-likeness (QED) is 0.831. The average molecular weight is 277 g/mol. The average Bonchev–Trinajstić information content (AvgIpc) is 2.87. The van der Waals surface area contributed by atoms with Crippen molar-refractivity contribution in [3.05, 3.63) is 11.8 Å². The Hall–Kier alpha value is -1.60. The molecule has 2 rings (SSSR count). The number of amides is 1. The van der Waals surface area contributed by atoms with Gasteiger partial charge in [-0.2, -0.15) is 13.2 Å². The number of hydrogen-bond donors (Lipinski definition) is 0. The zero-order valence-corrected chi connectivity index (χ0v) is 10.4. The Morgan fingerprint density at radius 2 is 2.21 bits per heavy atom. The van der Waals surface area contributed by atoms with Gasteiger partial charge in [-0.1, -0.05) is 6.92 Å². The summed E-state index contributed by atoms with van der Waals surface area (Å²) in [5.41, 5.74) is 0. The molecule has 0 radical (unpaired) electrons. The van der Waals surface area contributed by atoms with Gasteiger partial charge in [0.1, 0.15) is 0 Å². The molecule has 1 aromatic heterocycles. The van der Waals surface area contributed by atoms with Gasteiger partial charge in [0.05, 0.1) is 5.92 Å². The lowest BCUT2D eigenvalue weighted by molar-refractivity contribution is -0.157. The van der Waals surface area contributed by atoms with E-state index in [9.17, 15) is 18.0 Å². The molecule has 106 valence electrons. The minimum atomic E-state index is -4.63. The maximum Gasteiger partial charge on any atom is 0.470 e. The fraction of sp³-hybridized carbons (Fsp3) is 0.727. The number of hydrogen-bond acceptors (Lipinski definition) is 4. The van der Waals surface area contributed by atoms with Gasteiger partial charge >= 0.3 is 12.1 Å². The van der Waals surface area contributed by atoms with E-state index in [0.717, 1.165) is 6.42 Å². The van der Waals surface area contributed by atoms with Crippen molar-refractivity contribution in [3.8, 4) is 0 Å². The number of likely N-dealkylation sites (tertiary alicyclic amines) is 1. The van der Waals surface area contributed by atoms with Crippen LogP contribution < -0.4 is 0 Å². The fourth-order valence-electron chi connectivity index (χ4n) is 2.14. The summed E-state index contributed by atoms with van der Waals surface area (Å²) < 4.78 is 41.8. The third-order valence-corrected chi connectivity index (χ3v) is 3.11. The molecule has 0 N–H and O–H groups in total. The van der Waals surface area contributed by atoms with E-state index in [1.54, 1.807) is 11.8 Å². The summed E-state index contributed by atoms with van der Waals surface area (Å²) in [5.74, 6) is -1.70. The van der Waals surface area contributed by atoms with Crippen LogP contribution in [0.4, 0.5) is 13.2 Å². The minimum absolute atomic E-state index is 0.0136. The van der Waals surface area contributed by atoms with Crippen molar-refractivity contribution in [1.82, 2.24) is 15.1 Å². The van der Waals surface area contributed by atoms with Gasteiger partial charge in [-0.05, 0) is 12.8 Å². The maximum absolute atomic E-state index is 12.4. The lowest BCUT2D eigenvalue weighted by Crippen LogP contribution is -2.38. The molecule has 5 nitrogen and oxygen atoms in total. The number of nitrogens with zero attached hydrogens (tertiary/aromatic N) is 3. The second kappa shape index (κ2) is 5.18. The van der Waals surface area contributed by atoms with Gasteiger partial charge < -0.3 is 9.32 Å². The van der Waals surface area contributed by atoms with Crippen molar-refractivity contribution in [2.24, 2.45) is 0 Å². The van der Waals surface area contributed by atoms with Gasteiger partial charge in [0.15, 0.2) is 0 Å². The highest BCUT2D eigenvalue weighted by atomic mass is 19.4. The number of piperidine rings is 1. The molecule has 1 aliphatic heterocycles. The molecule has 1 aliphatic rings. The molecule has 0 bridgehead atoms. The lowest BCUT2D eigenvalue weighted by atomic mass is 9.98. The Morgan fingerprint density at radius 1 is 1.47 bits per heavy atom. The SMILES string of the molecule is CCC(=O)N1CCCC(c2nnc(C(F)(F)F)o2)C1. The van der Waals surface area contributed by atoms with Gasteiger partial charge in [0, 0.05) is 19.5 Å². The maximum atomic E-state index is 12.4. The summed E-state index contributed by atoms with van der Waals surface area (Å²) in [4.78, 5) is 13.2. The number of rotatable bonds is 2. The zero-order chi connectivity index (χ0) is 14.0. The molecule has 8 heteroatoms. The van der Waals surface area contributed by atoms with Crippen LogP contribution >= 0.6 is 0 Å². The van der Waals surface area contributed by atoms with Gasteiger partial charge in [0.25, 0.3) is 0 Å². The third-order valence-electron chi connectivity index (χ3n) is 3.11. The molecule has 1 saturated heterocycles. The van der Waals surface area contributed by atoms with Crippen LogP contribution in [-0.2, 0) is 11.0 Å². The minimum Gasteiger partial charge on any atom is -0.417 e. The van der Waals surface area contributed by atoms with E-state index in [1.807, 2.05) is 0 Å². The van der Waals surface area contributed by atoms with Crippen LogP contribution in [0.1, 0.15) is 43.9 Å². The summed E-state index contributed by atoms with van der Waals surface area (Å²) in [5, 5.41) is 6.46. The highest BCUT2D eigenvalue weighted by Gasteiger charge is 2.39. The Balaban J connectivity index is 2.09. The second-order valence-corrected chi connectivity index (χ2v) is 4.48. The highest BCUT2D eigenvalue weighted by Crippen LogP contribution is 2.32. The van der Waals surface area contributed by atoms with E-state index in [-0.39, 0.29) is 17.7 Å². The highest BCUT2D eigenvalue weighted by molar-refractivity contribution is 5.75. The number of carbonyl (C=O) groups is 1. The van der Waals surface area contributed by atoms with Crippen molar-refractivity contribution in [1.29, 1.82) is 0 Å². The summed E-state index contributed by atoms with van der Waals surface area (Å²) in [6.07, 6.45) is -2.88. The van der Waals surface area contributed by atoms with E-state index in [0.29, 0.717) is 25.9 Å². The molecule has 1 atom stereocenters.